The van der Waals surface area contributed by atoms with Crippen LogP contribution in [-0.4, -0.2) is 17.9 Å². The molecule has 2 amide bonds. The molecular weight excluding hydrogens is 348 g/mol. The minimum absolute atomic E-state index is 0.256. The summed E-state index contributed by atoms with van der Waals surface area (Å²) in [5.74, 6) is -0.386. The van der Waals surface area contributed by atoms with Gasteiger partial charge in [-0.3, -0.25) is 9.59 Å². The first-order valence-corrected chi connectivity index (χ1v) is 7.38. The van der Waals surface area contributed by atoms with Crippen LogP contribution in [0.1, 0.15) is 17.3 Å². The highest BCUT2D eigenvalue weighted by Crippen LogP contribution is 2.19. The average Bonchev–Trinajstić information content (AvgIpc) is 2.49. The monoisotopic (exact) mass is 362 g/mol. The standard InChI is InChI=1S/C16H15BrN2O3/c1-10(22-12-8-6-11(17)7-9-12)16(21)19-14-5-3-2-4-13(14)15(18)20/h2-10H,1H3,(H2,18,20)(H,19,21). The third-order valence-corrected chi connectivity index (χ3v) is 3.47. The lowest BCUT2D eigenvalue weighted by Gasteiger charge is -2.15. The van der Waals surface area contributed by atoms with Gasteiger partial charge >= 0.3 is 0 Å². The van der Waals surface area contributed by atoms with Crippen molar-refractivity contribution in [1.29, 1.82) is 0 Å². The molecule has 2 rings (SSSR count). The highest BCUT2D eigenvalue weighted by molar-refractivity contribution is 9.10. The molecule has 0 fully saturated rings. The molecule has 0 bridgehead atoms. The fourth-order valence-corrected chi connectivity index (χ4v) is 2.08. The minimum atomic E-state index is -0.720. The number of carbonyl (C=O) groups is 2. The van der Waals surface area contributed by atoms with E-state index >= 15 is 0 Å². The summed E-state index contributed by atoms with van der Waals surface area (Å²) in [4.78, 5) is 23.5. The lowest BCUT2D eigenvalue weighted by atomic mass is 10.1. The van der Waals surface area contributed by atoms with E-state index in [1.165, 1.54) is 0 Å². The first-order valence-electron chi connectivity index (χ1n) is 6.59. The Hall–Kier alpha value is -2.34. The molecule has 0 radical (unpaired) electrons. The van der Waals surface area contributed by atoms with Crippen molar-refractivity contribution in [2.45, 2.75) is 13.0 Å². The van der Waals surface area contributed by atoms with Gasteiger partial charge in [0.2, 0.25) is 0 Å². The van der Waals surface area contributed by atoms with Gasteiger partial charge in [-0.05, 0) is 43.3 Å². The van der Waals surface area contributed by atoms with Crippen LogP contribution in [-0.2, 0) is 4.79 Å². The normalized spacial score (nSPS) is 11.5. The summed E-state index contributed by atoms with van der Waals surface area (Å²) in [5, 5.41) is 2.65. The number of hydrogen-bond acceptors (Lipinski definition) is 3. The lowest BCUT2D eigenvalue weighted by Crippen LogP contribution is -2.31. The van der Waals surface area contributed by atoms with Gasteiger partial charge in [-0.25, -0.2) is 0 Å². The number of para-hydroxylation sites is 1. The summed E-state index contributed by atoms with van der Waals surface area (Å²) < 4.78 is 6.48. The van der Waals surface area contributed by atoms with E-state index < -0.39 is 12.0 Å². The van der Waals surface area contributed by atoms with E-state index in [0.29, 0.717) is 11.4 Å². The number of carbonyl (C=O) groups excluding carboxylic acids is 2. The molecule has 6 heteroatoms. The van der Waals surface area contributed by atoms with E-state index in [1.807, 2.05) is 12.1 Å². The van der Waals surface area contributed by atoms with Crippen LogP contribution in [0.5, 0.6) is 5.75 Å². The maximum atomic E-state index is 12.2. The number of nitrogens with two attached hydrogens (primary N) is 1. The van der Waals surface area contributed by atoms with Crippen LogP contribution >= 0.6 is 15.9 Å². The third-order valence-electron chi connectivity index (χ3n) is 2.95. The number of primary amides is 1. The van der Waals surface area contributed by atoms with E-state index in [0.717, 1.165) is 4.47 Å². The van der Waals surface area contributed by atoms with Crippen LogP contribution in [0, 0.1) is 0 Å². The summed E-state index contributed by atoms with van der Waals surface area (Å²) in [6.45, 7) is 1.63. The summed E-state index contributed by atoms with van der Waals surface area (Å²) in [6, 6.07) is 13.7. The SMILES string of the molecule is CC(Oc1ccc(Br)cc1)C(=O)Nc1ccccc1C(N)=O. The number of anilines is 1. The van der Waals surface area contributed by atoms with E-state index in [4.69, 9.17) is 10.5 Å². The smallest absolute Gasteiger partial charge is 0.265 e. The molecule has 0 saturated heterocycles. The number of benzene rings is 2. The van der Waals surface area contributed by atoms with Crippen molar-refractivity contribution in [3.8, 4) is 5.75 Å². The second kappa shape index (κ2) is 7.09. The Morgan fingerprint density at radius 2 is 1.77 bits per heavy atom. The summed E-state index contributed by atoms with van der Waals surface area (Å²) in [7, 11) is 0. The molecule has 2 aromatic carbocycles. The van der Waals surface area contributed by atoms with Crippen LogP contribution in [0.25, 0.3) is 0 Å². The Morgan fingerprint density at radius 3 is 2.41 bits per heavy atom. The number of rotatable bonds is 5. The molecule has 3 N–H and O–H groups in total. The van der Waals surface area contributed by atoms with Crippen molar-refractivity contribution in [2.75, 3.05) is 5.32 Å². The van der Waals surface area contributed by atoms with Crippen LogP contribution in [0.4, 0.5) is 5.69 Å². The Kier molecular flexibility index (Phi) is 5.16. The number of nitrogens with one attached hydrogen (secondary N) is 1. The van der Waals surface area contributed by atoms with Crippen molar-refractivity contribution in [3.05, 3.63) is 58.6 Å². The quantitative estimate of drug-likeness (QED) is 0.857. The third kappa shape index (κ3) is 4.08. The first-order chi connectivity index (χ1) is 10.5. The Labute approximate surface area is 136 Å². The lowest BCUT2D eigenvalue weighted by molar-refractivity contribution is -0.122. The van der Waals surface area contributed by atoms with E-state index in [2.05, 4.69) is 21.2 Å². The molecule has 1 unspecified atom stereocenters. The summed E-state index contributed by atoms with van der Waals surface area (Å²) >= 11 is 3.33. The second-order valence-corrected chi connectivity index (χ2v) is 5.53. The Bertz CT molecular complexity index is 686. The van der Waals surface area contributed by atoms with Crippen molar-refractivity contribution in [3.63, 3.8) is 0 Å². The Balaban J connectivity index is 2.05. The van der Waals surface area contributed by atoms with Crippen molar-refractivity contribution in [2.24, 2.45) is 5.73 Å². The first kappa shape index (κ1) is 16.0. The average molecular weight is 363 g/mol. The van der Waals surface area contributed by atoms with Gasteiger partial charge in [-0.2, -0.15) is 0 Å². The highest BCUT2D eigenvalue weighted by Gasteiger charge is 2.17. The predicted molar refractivity (Wildman–Crippen MR) is 87.8 cm³/mol. The van der Waals surface area contributed by atoms with Gasteiger partial charge in [0, 0.05) is 4.47 Å². The van der Waals surface area contributed by atoms with Gasteiger partial charge < -0.3 is 15.8 Å². The second-order valence-electron chi connectivity index (χ2n) is 4.61. The van der Waals surface area contributed by atoms with Gasteiger partial charge in [0.1, 0.15) is 5.75 Å². The zero-order valence-corrected chi connectivity index (χ0v) is 13.5. The Morgan fingerprint density at radius 1 is 1.14 bits per heavy atom. The summed E-state index contributed by atoms with van der Waals surface area (Å²) in [6.07, 6.45) is -0.720. The molecule has 0 aliphatic heterocycles. The van der Waals surface area contributed by atoms with Gasteiger partial charge in [-0.15, -0.1) is 0 Å². The van der Waals surface area contributed by atoms with E-state index in [9.17, 15) is 9.59 Å². The predicted octanol–water partition coefficient (Wildman–Crippen LogP) is 2.95. The molecule has 0 aromatic heterocycles. The molecule has 22 heavy (non-hydrogen) atoms. The zero-order chi connectivity index (χ0) is 16.1. The highest BCUT2D eigenvalue weighted by atomic mass is 79.9. The molecule has 1 atom stereocenters. The summed E-state index contributed by atoms with van der Waals surface area (Å²) in [5.41, 5.74) is 5.90. The zero-order valence-electron chi connectivity index (χ0n) is 11.9. The van der Waals surface area contributed by atoms with Crippen LogP contribution in [0.2, 0.25) is 0 Å². The maximum absolute atomic E-state index is 12.2. The van der Waals surface area contributed by atoms with Crippen molar-refractivity contribution < 1.29 is 14.3 Å². The number of amides is 2. The molecular formula is C16H15BrN2O3. The number of ether oxygens (including phenoxy) is 1. The molecule has 0 saturated carbocycles. The largest absolute Gasteiger partial charge is 0.481 e. The van der Waals surface area contributed by atoms with Crippen molar-refractivity contribution >= 4 is 33.4 Å². The molecule has 2 aromatic rings. The van der Waals surface area contributed by atoms with E-state index in [1.54, 1.807) is 43.3 Å². The molecule has 0 spiro atoms. The molecule has 0 heterocycles. The van der Waals surface area contributed by atoms with Gasteiger partial charge in [0.15, 0.2) is 6.10 Å². The van der Waals surface area contributed by atoms with Crippen LogP contribution < -0.4 is 15.8 Å². The molecule has 5 nitrogen and oxygen atoms in total. The molecule has 0 aliphatic carbocycles. The van der Waals surface area contributed by atoms with Gasteiger partial charge in [0.25, 0.3) is 11.8 Å². The van der Waals surface area contributed by atoms with Crippen LogP contribution in [0.15, 0.2) is 53.0 Å². The number of hydrogen-bond donors (Lipinski definition) is 2. The molecule has 0 aliphatic rings. The fourth-order valence-electron chi connectivity index (χ4n) is 1.81. The topological polar surface area (TPSA) is 81.4 Å². The number of halogens is 1. The van der Waals surface area contributed by atoms with Gasteiger partial charge in [-0.1, -0.05) is 28.1 Å². The van der Waals surface area contributed by atoms with Crippen LogP contribution in [0.3, 0.4) is 0 Å². The minimum Gasteiger partial charge on any atom is -0.481 e. The maximum Gasteiger partial charge on any atom is 0.265 e. The molecule has 114 valence electrons. The van der Waals surface area contributed by atoms with Crippen molar-refractivity contribution in [1.82, 2.24) is 0 Å². The fraction of sp³-hybridized carbons (Fsp3) is 0.125. The van der Waals surface area contributed by atoms with E-state index in [-0.39, 0.29) is 11.5 Å². The van der Waals surface area contributed by atoms with Gasteiger partial charge in [0.05, 0.1) is 11.3 Å².